The lowest BCUT2D eigenvalue weighted by Gasteiger charge is -2.41. The summed E-state index contributed by atoms with van der Waals surface area (Å²) in [4.78, 5) is 13.5. The van der Waals surface area contributed by atoms with Crippen LogP contribution in [0.4, 0.5) is 11.4 Å². The van der Waals surface area contributed by atoms with Crippen molar-refractivity contribution in [2.75, 3.05) is 37.0 Å². The van der Waals surface area contributed by atoms with Crippen LogP contribution in [0, 0.1) is 0 Å². The van der Waals surface area contributed by atoms with Gasteiger partial charge in [-0.1, -0.05) is 0 Å². The molecule has 1 unspecified atom stereocenters. The Bertz CT molecular complexity index is 504. The Morgan fingerprint density at radius 1 is 1.39 bits per heavy atom. The van der Waals surface area contributed by atoms with E-state index in [1.54, 1.807) is 12.1 Å². The number of carbonyl (C=O) groups excluding carboxylic acids is 1. The molecule has 3 rings (SSSR count). The Balaban J connectivity index is 2.06. The predicted molar refractivity (Wildman–Crippen MR) is 66.8 cm³/mol. The number of hydrogen-bond acceptors (Lipinski definition) is 5. The van der Waals surface area contributed by atoms with Gasteiger partial charge in [-0.3, -0.25) is 4.79 Å². The first-order valence-electron chi connectivity index (χ1n) is 5.87. The molecule has 1 aromatic carbocycles. The molecule has 4 N–H and O–H groups in total. The van der Waals surface area contributed by atoms with Crippen LogP contribution < -0.4 is 21.1 Å². The van der Waals surface area contributed by atoms with Crippen molar-refractivity contribution in [1.29, 1.82) is 0 Å². The number of primary amides is 1. The van der Waals surface area contributed by atoms with E-state index in [0.717, 1.165) is 12.2 Å². The molecular formula is C12H15N3O3. The van der Waals surface area contributed by atoms with Gasteiger partial charge in [0, 0.05) is 18.3 Å². The van der Waals surface area contributed by atoms with Crippen LogP contribution in [0.5, 0.6) is 5.75 Å². The Labute approximate surface area is 104 Å². The van der Waals surface area contributed by atoms with E-state index in [9.17, 15) is 4.79 Å². The monoisotopic (exact) mass is 249 g/mol. The zero-order valence-electron chi connectivity index (χ0n) is 9.89. The van der Waals surface area contributed by atoms with Crippen molar-refractivity contribution in [2.24, 2.45) is 5.73 Å². The molecule has 1 aromatic rings. The molecule has 0 aromatic heterocycles. The normalized spacial score (nSPS) is 21.8. The number of nitrogen functional groups attached to an aromatic ring is 1. The van der Waals surface area contributed by atoms with E-state index in [-0.39, 0.29) is 6.04 Å². The van der Waals surface area contributed by atoms with E-state index >= 15 is 0 Å². The number of anilines is 2. The second kappa shape index (κ2) is 4.06. The van der Waals surface area contributed by atoms with Crippen LogP contribution in [0.3, 0.4) is 0 Å². The molecule has 2 aliphatic heterocycles. The second-order valence-electron chi connectivity index (χ2n) is 4.50. The number of amides is 1. The number of nitrogens with zero attached hydrogens (tertiary/aromatic N) is 1. The number of morpholine rings is 1. The molecule has 6 heteroatoms. The van der Waals surface area contributed by atoms with Crippen LogP contribution in [-0.4, -0.2) is 38.3 Å². The van der Waals surface area contributed by atoms with Crippen molar-refractivity contribution in [3.05, 3.63) is 17.7 Å². The summed E-state index contributed by atoms with van der Waals surface area (Å²) in [5.74, 6) is 0.182. The molecule has 1 amide bonds. The topological polar surface area (TPSA) is 90.8 Å². The SMILES string of the molecule is NC(=O)c1cc2c(cc1N)OCC1COCCN21. The van der Waals surface area contributed by atoms with Gasteiger partial charge < -0.3 is 25.8 Å². The molecule has 0 bridgehead atoms. The number of ether oxygens (including phenoxy) is 2. The van der Waals surface area contributed by atoms with E-state index in [4.69, 9.17) is 20.9 Å². The van der Waals surface area contributed by atoms with Crippen LogP contribution in [0.15, 0.2) is 12.1 Å². The molecule has 96 valence electrons. The van der Waals surface area contributed by atoms with Gasteiger partial charge in [0.25, 0.3) is 5.91 Å². The van der Waals surface area contributed by atoms with Crippen molar-refractivity contribution in [2.45, 2.75) is 6.04 Å². The molecule has 2 aliphatic rings. The first-order chi connectivity index (χ1) is 8.66. The van der Waals surface area contributed by atoms with Crippen LogP contribution in [0.1, 0.15) is 10.4 Å². The highest BCUT2D eigenvalue weighted by Crippen LogP contribution is 2.38. The van der Waals surface area contributed by atoms with Gasteiger partial charge in [0.2, 0.25) is 0 Å². The first kappa shape index (κ1) is 11.2. The highest BCUT2D eigenvalue weighted by atomic mass is 16.5. The lowest BCUT2D eigenvalue weighted by Crippen LogP contribution is -2.51. The van der Waals surface area contributed by atoms with Crippen molar-refractivity contribution < 1.29 is 14.3 Å². The van der Waals surface area contributed by atoms with Gasteiger partial charge in [-0.2, -0.15) is 0 Å². The smallest absolute Gasteiger partial charge is 0.250 e. The third kappa shape index (κ3) is 1.65. The molecule has 2 heterocycles. The molecule has 18 heavy (non-hydrogen) atoms. The lowest BCUT2D eigenvalue weighted by atomic mass is 10.1. The third-order valence-corrected chi connectivity index (χ3v) is 3.36. The number of carbonyl (C=O) groups is 1. The Morgan fingerprint density at radius 2 is 2.22 bits per heavy atom. The van der Waals surface area contributed by atoms with Gasteiger partial charge in [-0.25, -0.2) is 0 Å². The van der Waals surface area contributed by atoms with Crippen molar-refractivity contribution in [3.63, 3.8) is 0 Å². The van der Waals surface area contributed by atoms with Crippen LogP contribution >= 0.6 is 0 Å². The largest absolute Gasteiger partial charge is 0.489 e. The Hall–Kier alpha value is -1.95. The minimum atomic E-state index is -0.523. The third-order valence-electron chi connectivity index (χ3n) is 3.36. The summed E-state index contributed by atoms with van der Waals surface area (Å²) in [6.45, 7) is 2.66. The quantitative estimate of drug-likeness (QED) is 0.682. The molecule has 1 atom stereocenters. The molecule has 0 radical (unpaired) electrons. The fraction of sp³-hybridized carbons (Fsp3) is 0.417. The summed E-state index contributed by atoms with van der Waals surface area (Å²) in [7, 11) is 0. The maximum absolute atomic E-state index is 11.3. The van der Waals surface area contributed by atoms with Gasteiger partial charge in [0.15, 0.2) is 0 Å². The first-order valence-corrected chi connectivity index (χ1v) is 5.87. The summed E-state index contributed by atoms with van der Waals surface area (Å²) in [6.07, 6.45) is 0. The van der Waals surface area contributed by atoms with Crippen LogP contribution in [-0.2, 0) is 4.74 Å². The van der Waals surface area contributed by atoms with Crippen LogP contribution in [0.2, 0.25) is 0 Å². The van der Waals surface area contributed by atoms with Gasteiger partial charge >= 0.3 is 0 Å². The van der Waals surface area contributed by atoms with Crippen molar-refractivity contribution in [1.82, 2.24) is 0 Å². The molecule has 0 spiro atoms. The number of fused-ring (bicyclic) bond motifs is 3. The summed E-state index contributed by atoms with van der Waals surface area (Å²) >= 11 is 0. The molecule has 0 aliphatic carbocycles. The number of rotatable bonds is 1. The highest BCUT2D eigenvalue weighted by Gasteiger charge is 2.31. The van der Waals surface area contributed by atoms with Crippen molar-refractivity contribution >= 4 is 17.3 Å². The van der Waals surface area contributed by atoms with Gasteiger partial charge in [0.1, 0.15) is 12.4 Å². The average molecular weight is 249 g/mol. The standard InChI is InChI=1S/C12H15N3O3/c13-9-4-11-10(3-8(9)12(14)16)15-1-2-17-5-7(15)6-18-11/h3-4,7H,1-2,5-6,13H2,(H2,14,16). The second-order valence-corrected chi connectivity index (χ2v) is 4.50. The summed E-state index contributed by atoms with van der Waals surface area (Å²) < 4.78 is 11.1. The lowest BCUT2D eigenvalue weighted by molar-refractivity contribution is 0.0705. The minimum Gasteiger partial charge on any atom is -0.489 e. The van der Waals surface area contributed by atoms with E-state index in [1.807, 2.05) is 0 Å². The van der Waals surface area contributed by atoms with E-state index < -0.39 is 5.91 Å². The number of benzene rings is 1. The maximum Gasteiger partial charge on any atom is 0.250 e. The fourth-order valence-electron chi connectivity index (χ4n) is 2.43. The average Bonchev–Trinajstić information content (AvgIpc) is 2.37. The van der Waals surface area contributed by atoms with Crippen LogP contribution in [0.25, 0.3) is 0 Å². The predicted octanol–water partition coefficient (Wildman–Crippen LogP) is -0.0347. The zero-order valence-corrected chi connectivity index (χ0v) is 9.89. The fourth-order valence-corrected chi connectivity index (χ4v) is 2.43. The van der Waals surface area contributed by atoms with Crippen molar-refractivity contribution in [3.8, 4) is 5.75 Å². The Kier molecular flexibility index (Phi) is 2.52. The van der Waals surface area contributed by atoms with E-state index in [0.29, 0.717) is 36.8 Å². The van der Waals surface area contributed by atoms with Gasteiger partial charge in [-0.05, 0) is 6.07 Å². The summed E-state index contributed by atoms with van der Waals surface area (Å²) in [5, 5.41) is 0. The zero-order chi connectivity index (χ0) is 12.7. The number of hydrogen-bond donors (Lipinski definition) is 2. The van der Waals surface area contributed by atoms with E-state index in [1.165, 1.54) is 0 Å². The van der Waals surface area contributed by atoms with Gasteiger partial charge in [-0.15, -0.1) is 0 Å². The molecule has 0 saturated carbocycles. The summed E-state index contributed by atoms with van der Waals surface area (Å²) in [6, 6.07) is 3.57. The number of nitrogens with two attached hydrogens (primary N) is 2. The molecule has 1 saturated heterocycles. The van der Waals surface area contributed by atoms with E-state index in [2.05, 4.69) is 4.90 Å². The minimum absolute atomic E-state index is 0.190. The maximum atomic E-state index is 11.3. The molecule has 1 fully saturated rings. The molecular weight excluding hydrogens is 234 g/mol. The molecule has 6 nitrogen and oxygen atoms in total. The Morgan fingerprint density at radius 3 is 3.00 bits per heavy atom. The summed E-state index contributed by atoms with van der Waals surface area (Å²) in [5.41, 5.74) is 12.7. The van der Waals surface area contributed by atoms with Gasteiger partial charge in [0.05, 0.1) is 30.5 Å². The highest BCUT2D eigenvalue weighted by molar-refractivity contribution is 5.99.